The van der Waals surface area contributed by atoms with Gasteiger partial charge in [-0.3, -0.25) is 14.5 Å². The SMILES string of the molecule is CC(C)(C)C(=O)C1=C(O)C(=O)N(c2ccc(C(C)(C)C)cc2)C1c1ccc(C(C)(C)C)cc1. The predicted octanol–water partition coefficient (Wildman–Crippen LogP) is 6.80. The Morgan fingerprint density at radius 2 is 1.18 bits per heavy atom. The number of anilines is 1. The van der Waals surface area contributed by atoms with Gasteiger partial charge in [0, 0.05) is 11.1 Å². The first-order chi connectivity index (χ1) is 15.0. The molecule has 0 aliphatic carbocycles. The van der Waals surface area contributed by atoms with Crippen LogP contribution in [0.25, 0.3) is 0 Å². The van der Waals surface area contributed by atoms with Crippen molar-refractivity contribution in [3.05, 3.63) is 76.6 Å². The Morgan fingerprint density at radius 1 is 0.758 bits per heavy atom. The van der Waals surface area contributed by atoms with Crippen LogP contribution < -0.4 is 4.90 Å². The average molecular weight is 448 g/mol. The van der Waals surface area contributed by atoms with E-state index in [2.05, 4.69) is 41.5 Å². The van der Waals surface area contributed by atoms with Crippen molar-refractivity contribution in [1.29, 1.82) is 0 Å². The van der Waals surface area contributed by atoms with Gasteiger partial charge in [-0.15, -0.1) is 0 Å². The van der Waals surface area contributed by atoms with E-state index in [0.29, 0.717) is 5.69 Å². The van der Waals surface area contributed by atoms with E-state index in [0.717, 1.165) is 16.7 Å². The average Bonchev–Trinajstić information content (AvgIpc) is 2.96. The van der Waals surface area contributed by atoms with Crippen molar-refractivity contribution in [3.63, 3.8) is 0 Å². The van der Waals surface area contributed by atoms with Crippen molar-refractivity contribution in [2.24, 2.45) is 5.41 Å². The molecular formula is C29H37NO3. The van der Waals surface area contributed by atoms with E-state index < -0.39 is 23.1 Å². The second kappa shape index (κ2) is 8.16. The van der Waals surface area contributed by atoms with Gasteiger partial charge in [0.05, 0.1) is 11.6 Å². The first kappa shape index (κ1) is 24.8. The van der Waals surface area contributed by atoms with Gasteiger partial charge in [0.15, 0.2) is 11.5 Å². The zero-order valence-electron chi connectivity index (χ0n) is 21.4. The third kappa shape index (κ3) is 4.75. The summed E-state index contributed by atoms with van der Waals surface area (Å²) >= 11 is 0. The lowest BCUT2D eigenvalue weighted by atomic mass is 9.81. The van der Waals surface area contributed by atoms with Crippen LogP contribution in [0.5, 0.6) is 0 Å². The van der Waals surface area contributed by atoms with Gasteiger partial charge in [-0.25, -0.2) is 0 Å². The molecule has 33 heavy (non-hydrogen) atoms. The van der Waals surface area contributed by atoms with Crippen molar-refractivity contribution in [2.45, 2.75) is 79.2 Å². The van der Waals surface area contributed by atoms with E-state index in [-0.39, 0.29) is 22.2 Å². The van der Waals surface area contributed by atoms with Crippen molar-refractivity contribution in [3.8, 4) is 0 Å². The second-order valence-corrected chi connectivity index (χ2v) is 12.1. The van der Waals surface area contributed by atoms with Crippen LogP contribution in [-0.2, 0) is 20.4 Å². The molecule has 0 saturated carbocycles. The Morgan fingerprint density at radius 3 is 1.58 bits per heavy atom. The standard InChI is InChI=1S/C29H37NO3/c1-27(2,3)19-12-10-18(11-13-19)23-22(25(32)29(7,8)9)24(31)26(33)30(23)21-16-14-20(15-17-21)28(4,5)6/h10-17,23,31H,1-9H3. The molecule has 176 valence electrons. The molecule has 1 unspecified atom stereocenters. The van der Waals surface area contributed by atoms with Crippen molar-refractivity contribution in [2.75, 3.05) is 4.90 Å². The molecule has 1 aliphatic heterocycles. The Bertz CT molecular complexity index is 1090. The van der Waals surface area contributed by atoms with Crippen LogP contribution in [-0.4, -0.2) is 16.8 Å². The number of nitrogens with zero attached hydrogens (tertiary/aromatic N) is 1. The predicted molar refractivity (Wildman–Crippen MR) is 135 cm³/mol. The van der Waals surface area contributed by atoms with Crippen molar-refractivity contribution < 1.29 is 14.7 Å². The van der Waals surface area contributed by atoms with E-state index in [1.54, 1.807) is 25.7 Å². The van der Waals surface area contributed by atoms with Crippen LogP contribution >= 0.6 is 0 Å². The maximum Gasteiger partial charge on any atom is 0.294 e. The molecule has 0 fully saturated rings. The number of Topliss-reactive ketones (excluding diaryl/α,β-unsaturated/α-hetero) is 1. The summed E-state index contributed by atoms with van der Waals surface area (Å²) in [6.45, 7) is 18.3. The third-order valence-electron chi connectivity index (χ3n) is 6.24. The van der Waals surface area contributed by atoms with Gasteiger partial charge in [0.25, 0.3) is 5.91 Å². The number of aliphatic hydroxyl groups is 1. The maximum absolute atomic E-state index is 13.4. The maximum atomic E-state index is 13.4. The summed E-state index contributed by atoms with van der Waals surface area (Å²) in [5.74, 6) is -1.23. The van der Waals surface area contributed by atoms with Crippen molar-refractivity contribution >= 4 is 17.4 Å². The normalized spacial score (nSPS) is 17.7. The molecule has 1 atom stereocenters. The van der Waals surface area contributed by atoms with E-state index in [1.165, 1.54) is 0 Å². The number of aliphatic hydroxyl groups excluding tert-OH is 1. The molecule has 0 aromatic heterocycles. The zero-order chi connectivity index (χ0) is 24.9. The minimum Gasteiger partial charge on any atom is -0.503 e. The summed E-state index contributed by atoms with van der Waals surface area (Å²) in [4.78, 5) is 28.3. The van der Waals surface area contributed by atoms with Gasteiger partial charge in [0.2, 0.25) is 0 Å². The highest BCUT2D eigenvalue weighted by Gasteiger charge is 2.46. The molecule has 0 bridgehead atoms. The van der Waals surface area contributed by atoms with Gasteiger partial charge in [-0.1, -0.05) is 98.7 Å². The number of benzene rings is 2. The largest absolute Gasteiger partial charge is 0.503 e. The molecule has 1 aliphatic rings. The molecular weight excluding hydrogens is 410 g/mol. The smallest absolute Gasteiger partial charge is 0.294 e. The molecule has 4 heteroatoms. The molecule has 0 saturated heterocycles. The van der Waals surface area contributed by atoms with Crippen LogP contribution in [0.1, 0.15) is 85.0 Å². The Labute approximate surface area is 198 Å². The van der Waals surface area contributed by atoms with Crippen LogP contribution in [0, 0.1) is 5.41 Å². The summed E-state index contributed by atoms with van der Waals surface area (Å²) in [5.41, 5.74) is 3.14. The molecule has 1 N–H and O–H groups in total. The van der Waals surface area contributed by atoms with E-state index >= 15 is 0 Å². The van der Waals surface area contributed by atoms with Crippen LogP contribution in [0.2, 0.25) is 0 Å². The van der Waals surface area contributed by atoms with Crippen LogP contribution in [0.4, 0.5) is 5.69 Å². The molecule has 2 aromatic rings. The molecule has 3 rings (SSSR count). The molecule has 1 heterocycles. The number of carbonyl (C=O) groups excluding carboxylic acids is 2. The Hall–Kier alpha value is -2.88. The molecule has 2 aromatic carbocycles. The van der Waals surface area contributed by atoms with Gasteiger partial charge in [-0.2, -0.15) is 0 Å². The van der Waals surface area contributed by atoms with E-state index in [9.17, 15) is 14.7 Å². The number of rotatable bonds is 3. The number of ketones is 1. The fraction of sp³-hybridized carbons (Fsp3) is 0.448. The van der Waals surface area contributed by atoms with Crippen molar-refractivity contribution in [1.82, 2.24) is 0 Å². The van der Waals surface area contributed by atoms with Gasteiger partial charge in [-0.05, 0) is 39.7 Å². The van der Waals surface area contributed by atoms with Crippen LogP contribution in [0.15, 0.2) is 59.9 Å². The Kier molecular flexibility index (Phi) is 6.12. The lowest BCUT2D eigenvalue weighted by Gasteiger charge is -2.30. The summed E-state index contributed by atoms with van der Waals surface area (Å²) in [5, 5.41) is 10.9. The van der Waals surface area contributed by atoms with Gasteiger partial charge < -0.3 is 5.11 Å². The zero-order valence-corrected chi connectivity index (χ0v) is 21.4. The number of hydrogen-bond donors (Lipinski definition) is 1. The first-order valence-corrected chi connectivity index (χ1v) is 11.6. The lowest BCUT2D eigenvalue weighted by Crippen LogP contribution is -2.33. The number of amides is 1. The summed E-state index contributed by atoms with van der Waals surface area (Å²) in [6.07, 6.45) is 0. The Balaban J connectivity index is 2.16. The minimum absolute atomic E-state index is 0.0193. The van der Waals surface area contributed by atoms with E-state index in [4.69, 9.17) is 0 Å². The number of carbonyl (C=O) groups is 2. The van der Waals surface area contributed by atoms with Gasteiger partial charge in [0.1, 0.15) is 0 Å². The highest BCUT2D eigenvalue weighted by molar-refractivity contribution is 6.17. The van der Waals surface area contributed by atoms with E-state index in [1.807, 2.05) is 48.5 Å². The topological polar surface area (TPSA) is 57.6 Å². The molecule has 1 amide bonds. The quantitative estimate of drug-likeness (QED) is 0.563. The second-order valence-electron chi connectivity index (χ2n) is 12.1. The highest BCUT2D eigenvalue weighted by atomic mass is 16.3. The summed E-state index contributed by atoms with van der Waals surface area (Å²) < 4.78 is 0. The molecule has 0 spiro atoms. The minimum atomic E-state index is -0.737. The van der Waals surface area contributed by atoms with Crippen LogP contribution in [0.3, 0.4) is 0 Å². The van der Waals surface area contributed by atoms with Gasteiger partial charge >= 0.3 is 0 Å². The number of hydrogen-bond acceptors (Lipinski definition) is 3. The lowest BCUT2D eigenvalue weighted by molar-refractivity contribution is -0.123. The molecule has 4 nitrogen and oxygen atoms in total. The highest BCUT2D eigenvalue weighted by Crippen LogP contribution is 2.44. The monoisotopic (exact) mass is 447 g/mol. The third-order valence-corrected chi connectivity index (χ3v) is 6.24. The fourth-order valence-electron chi connectivity index (χ4n) is 4.11. The first-order valence-electron chi connectivity index (χ1n) is 11.6. The molecule has 0 radical (unpaired) electrons. The summed E-state index contributed by atoms with van der Waals surface area (Å²) in [7, 11) is 0. The fourth-order valence-corrected chi connectivity index (χ4v) is 4.11. The summed E-state index contributed by atoms with van der Waals surface area (Å²) in [6, 6.07) is 15.1.